The van der Waals surface area contributed by atoms with E-state index in [9.17, 15) is 0 Å². The second-order valence-electron chi connectivity index (χ2n) is 6.21. The molecule has 0 unspecified atom stereocenters. The Balaban J connectivity index is 1.33. The monoisotopic (exact) mass is 369 g/mol. The van der Waals surface area contributed by atoms with Gasteiger partial charge in [-0.1, -0.05) is 65.4 Å². The lowest BCUT2D eigenvalue weighted by atomic mass is 10.2. The van der Waals surface area contributed by atoms with Crippen molar-refractivity contribution in [3.05, 3.63) is 65.2 Å². The summed E-state index contributed by atoms with van der Waals surface area (Å²) < 4.78 is 1.16. The van der Waals surface area contributed by atoms with Gasteiger partial charge in [0.05, 0.1) is 10.2 Å². The van der Waals surface area contributed by atoms with Crippen molar-refractivity contribution >= 4 is 44.4 Å². The van der Waals surface area contributed by atoms with E-state index in [-0.39, 0.29) is 0 Å². The van der Waals surface area contributed by atoms with Crippen LogP contribution in [-0.2, 0) is 0 Å². The average molecular weight is 370 g/mol. The molecule has 3 aromatic rings. The summed E-state index contributed by atoms with van der Waals surface area (Å²) in [6.07, 6.45) is 4.45. The highest BCUT2D eigenvalue weighted by atomic mass is 35.5. The van der Waals surface area contributed by atoms with Crippen LogP contribution in [0.4, 0.5) is 5.13 Å². The SMILES string of the molecule is Clc1ccc2nc(N3CCN(C/C=C/c4ccccc4)CC3)sc2c1. The Bertz CT molecular complexity index is 867. The molecule has 3 nitrogen and oxygen atoms in total. The molecular formula is C20H20ClN3S. The molecule has 0 aliphatic carbocycles. The minimum absolute atomic E-state index is 0.776. The Morgan fingerprint density at radius 1 is 1.04 bits per heavy atom. The van der Waals surface area contributed by atoms with Crippen molar-refractivity contribution in [2.45, 2.75) is 0 Å². The summed E-state index contributed by atoms with van der Waals surface area (Å²) in [5.41, 5.74) is 2.30. The quantitative estimate of drug-likeness (QED) is 0.659. The van der Waals surface area contributed by atoms with E-state index in [4.69, 9.17) is 16.6 Å². The summed E-state index contributed by atoms with van der Waals surface area (Å²) in [6, 6.07) is 16.4. The highest BCUT2D eigenvalue weighted by Gasteiger charge is 2.19. The van der Waals surface area contributed by atoms with E-state index >= 15 is 0 Å². The molecule has 25 heavy (non-hydrogen) atoms. The van der Waals surface area contributed by atoms with Gasteiger partial charge in [-0.25, -0.2) is 4.98 Å². The van der Waals surface area contributed by atoms with Gasteiger partial charge in [0.1, 0.15) is 0 Å². The molecule has 0 atom stereocenters. The number of piperazine rings is 1. The van der Waals surface area contributed by atoms with Gasteiger partial charge in [-0.2, -0.15) is 0 Å². The van der Waals surface area contributed by atoms with Crippen molar-refractivity contribution < 1.29 is 0 Å². The second-order valence-corrected chi connectivity index (χ2v) is 7.65. The summed E-state index contributed by atoms with van der Waals surface area (Å²) in [5, 5.41) is 1.88. The van der Waals surface area contributed by atoms with Gasteiger partial charge in [-0.3, -0.25) is 4.90 Å². The van der Waals surface area contributed by atoms with Gasteiger partial charge in [0, 0.05) is 37.7 Å². The smallest absolute Gasteiger partial charge is 0.186 e. The topological polar surface area (TPSA) is 19.4 Å². The zero-order valence-corrected chi connectivity index (χ0v) is 15.5. The third-order valence-corrected chi connectivity index (χ3v) is 5.77. The largest absolute Gasteiger partial charge is 0.345 e. The normalized spacial score (nSPS) is 16.1. The van der Waals surface area contributed by atoms with Crippen molar-refractivity contribution in [1.82, 2.24) is 9.88 Å². The average Bonchev–Trinajstić information content (AvgIpc) is 3.06. The van der Waals surface area contributed by atoms with E-state index in [2.05, 4.69) is 46.2 Å². The first-order valence-corrected chi connectivity index (χ1v) is 9.72. The molecule has 1 aromatic heterocycles. The maximum absolute atomic E-state index is 6.08. The summed E-state index contributed by atoms with van der Waals surface area (Å²) in [4.78, 5) is 9.63. The second kappa shape index (κ2) is 7.56. The van der Waals surface area contributed by atoms with E-state index in [1.807, 2.05) is 24.3 Å². The van der Waals surface area contributed by atoms with Gasteiger partial charge in [0.15, 0.2) is 5.13 Å². The Hall–Kier alpha value is -1.88. The maximum atomic E-state index is 6.08. The van der Waals surface area contributed by atoms with Gasteiger partial charge < -0.3 is 4.90 Å². The van der Waals surface area contributed by atoms with Crippen molar-refractivity contribution in [3.63, 3.8) is 0 Å². The van der Waals surface area contributed by atoms with Gasteiger partial charge >= 0.3 is 0 Å². The Morgan fingerprint density at radius 3 is 2.64 bits per heavy atom. The molecule has 2 heterocycles. The number of aromatic nitrogens is 1. The number of thiazole rings is 1. The fraction of sp³-hybridized carbons (Fsp3) is 0.250. The van der Waals surface area contributed by atoms with E-state index < -0.39 is 0 Å². The highest BCUT2D eigenvalue weighted by molar-refractivity contribution is 7.22. The van der Waals surface area contributed by atoms with Gasteiger partial charge in [0.2, 0.25) is 0 Å². The van der Waals surface area contributed by atoms with E-state index in [0.29, 0.717) is 0 Å². The van der Waals surface area contributed by atoms with Crippen molar-refractivity contribution in [2.24, 2.45) is 0 Å². The third-order valence-electron chi connectivity index (χ3n) is 4.46. The summed E-state index contributed by atoms with van der Waals surface area (Å²) in [7, 11) is 0. The van der Waals surface area contributed by atoms with Crippen LogP contribution in [0.15, 0.2) is 54.6 Å². The molecule has 0 saturated carbocycles. The van der Waals surface area contributed by atoms with Crippen LogP contribution in [0, 0.1) is 0 Å². The van der Waals surface area contributed by atoms with Crippen molar-refractivity contribution in [3.8, 4) is 0 Å². The first-order chi connectivity index (χ1) is 12.3. The molecular weight excluding hydrogens is 350 g/mol. The number of hydrogen-bond donors (Lipinski definition) is 0. The minimum atomic E-state index is 0.776. The van der Waals surface area contributed by atoms with Gasteiger partial charge in [-0.05, 0) is 23.8 Å². The lowest BCUT2D eigenvalue weighted by Crippen LogP contribution is -2.46. The lowest BCUT2D eigenvalue weighted by Gasteiger charge is -2.33. The number of benzene rings is 2. The minimum Gasteiger partial charge on any atom is -0.345 e. The Labute approximate surface area is 157 Å². The van der Waals surface area contributed by atoms with E-state index in [0.717, 1.165) is 53.1 Å². The van der Waals surface area contributed by atoms with Crippen molar-refractivity contribution in [2.75, 3.05) is 37.6 Å². The predicted octanol–water partition coefficient (Wildman–Crippen LogP) is 4.79. The van der Waals surface area contributed by atoms with Crippen LogP contribution < -0.4 is 4.90 Å². The molecule has 2 aromatic carbocycles. The molecule has 0 bridgehead atoms. The fourth-order valence-electron chi connectivity index (χ4n) is 3.05. The van der Waals surface area contributed by atoms with Crippen LogP contribution in [0.2, 0.25) is 5.02 Å². The Morgan fingerprint density at radius 2 is 1.84 bits per heavy atom. The standard InChI is InChI=1S/C20H20ClN3S/c21-17-8-9-18-19(15-17)25-20(22-18)24-13-11-23(12-14-24)10-4-7-16-5-2-1-3-6-16/h1-9,15H,10-14H2/b7-4+. The number of nitrogens with zero attached hydrogens (tertiary/aromatic N) is 3. The van der Waals surface area contributed by atoms with E-state index in [1.165, 1.54) is 5.56 Å². The predicted molar refractivity (Wildman–Crippen MR) is 109 cm³/mol. The molecule has 0 N–H and O–H groups in total. The van der Waals surface area contributed by atoms with Crippen LogP contribution in [0.25, 0.3) is 16.3 Å². The van der Waals surface area contributed by atoms with Crippen molar-refractivity contribution in [1.29, 1.82) is 0 Å². The highest BCUT2D eigenvalue weighted by Crippen LogP contribution is 2.31. The summed E-state index contributed by atoms with van der Waals surface area (Å²) in [6.45, 7) is 5.17. The number of fused-ring (bicyclic) bond motifs is 1. The fourth-order valence-corrected chi connectivity index (χ4v) is 4.34. The van der Waals surface area contributed by atoms with Crippen LogP contribution in [0.3, 0.4) is 0 Å². The first kappa shape index (κ1) is 16.6. The molecule has 1 aliphatic rings. The molecule has 5 heteroatoms. The maximum Gasteiger partial charge on any atom is 0.186 e. The number of halogens is 1. The molecule has 0 amide bonds. The number of anilines is 1. The molecule has 1 saturated heterocycles. The first-order valence-electron chi connectivity index (χ1n) is 8.53. The zero-order valence-electron chi connectivity index (χ0n) is 13.9. The summed E-state index contributed by atoms with van der Waals surface area (Å²) in [5.74, 6) is 0. The molecule has 1 fully saturated rings. The molecule has 128 valence electrons. The van der Waals surface area contributed by atoms with Crippen LogP contribution in [0.1, 0.15) is 5.56 Å². The van der Waals surface area contributed by atoms with Crippen LogP contribution in [-0.4, -0.2) is 42.6 Å². The summed E-state index contributed by atoms with van der Waals surface area (Å²) >= 11 is 7.81. The molecule has 0 radical (unpaired) electrons. The zero-order chi connectivity index (χ0) is 17.1. The third kappa shape index (κ3) is 4.03. The molecule has 0 spiro atoms. The number of hydrogen-bond acceptors (Lipinski definition) is 4. The number of rotatable bonds is 4. The van der Waals surface area contributed by atoms with Crippen LogP contribution in [0.5, 0.6) is 0 Å². The Kier molecular flexibility index (Phi) is 5.02. The van der Waals surface area contributed by atoms with Crippen LogP contribution >= 0.6 is 22.9 Å². The molecule has 1 aliphatic heterocycles. The molecule has 4 rings (SSSR count). The van der Waals surface area contributed by atoms with Gasteiger partial charge in [-0.15, -0.1) is 0 Å². The van der Waals surface area contributed by atoms with Gasteiger partial charge in [0.25, 0.3) is 0 Å². The van der Waals surface area contributed by atoms with E-state index in [1.54, 1.807) is 11.3 Å². The lowest BCUT2D eigenvalue weighted by molar-refractivity contribution is 0.284.